The van der Waals surface area contributed by atoms with Crippen molar-refractivity contribution in [2.75, 3.05) is 13.1 Å². The predicted octanol–water partition coefficient (Wildman–Crippen LogP) is 1.02. The zero-order valence-corrected chi connectivity index (χ0v) is 10.6. The molecule has 0 aliphatic carbocycles. The summed E-state index contributed by atoms with van der Waals surface area (Å²) < 4.78 is 0. The van der Waals surface area contributed by atoms with Crippen molar-refractivity contribution in [3.05, 3.63) is 0 Å². The number of likely N-dealkylation sites (tertiary alicyclic amines) is 1. The van der Waals surface area contributed by atoms with Gasteiger partial charge in [0.25, 0.3) is 0 Å². The van der Waals surface area contributed by atoms with Crippen LogP contribution < -0.4 is 5.32 Å². The molecule has 16 heavy (non-hydrogen) atoms. The Morgan fingerprint density at radius 1 is 1.31 bits per heavy atom. The van der Waals surface area contributed by atoms with Gasteiger partial charge in [-0.15, -0.1) is 0 Å². The summed E-state index contributed by atoms with van der Waals surface area (Å²) in [7, 11) is 0. The molecule has 1 N–H and O–H groups in total. The number of nitrogens with one attached hydrogen (secondary N) is 1. The van der Waals surface area contributed by atoms with Crippen molar-refractivity contribution >= 4 is 11.8 Å². The number of carbonyl (C=O) groups excluding carboxylic acids is 2. The Kier molecular flexibility index (Phi) is 4.47. The summed E-state index contributed by atoms with van der Waals surface area (Å²) in [5.41, 5.74) is 0. The van der Waals surface area contributed by atoms with E-state index in [1.807, 2.05) is 27.7 Å². The highest BCUT2D eigenvalue weighted by Crippen LogP contribution is 2.25. The van der Waals surface area contributed by atoms with Crippen molar-refractivity contribution in [2.45, 2.75) is 40.2 Å². The molecule has 0 bridgehead atoms. The molecule has 4 heteroatoms. The van der Waals surface area contributed by atoms with E-state index in [-0.39, 0.29) is 23.7 Å². The van der Waals surface area contributed by atoms with Gasteiger partial charge in [-0.25, -0.2) is 0 Å². The van der Waals surface area contributed by atoms with Crippen molar-refractivity contribution < 1.29 is 9.59 Å². The van der Waals surface area contributed by atoms with Gasteiger partial charge >= 0.3 is 0 Å². The lowest BCUT2D eigenvalue weighted by molar-refractivity contribution is -0.139. The Morgan fingerprint density at radius 2 is 1.94 bits per heavy atom. The minimum Gasteiger partial charge on any atom is -0.313 e. The Bertz CT molecular complexity index is 274. The maximum absolute atomic E-state index is 11.9. The van der Waals surface area contributed by atoms with Gasteiger partial charge in [0.2, 0.25) is 11.8 Å². The van der Waals surface area contributed by atoms with Crippen LogP contribution in [0.4, 0.5) is 0 Å². The molecule has 1 rings (SSSR count). The number of hydrogen-bond donors (Lipinski definition) is 1. The molecule has 1 saturated heterocycles. The van der Waals surface area contributed by atoms with Crippen LogP contribution in [0.25, 0.3) is 0 Å². The second-order valence-corrected chi connectivity index (χ2v) is 5.05. The average molecular weight is 226 g/mol. The largest absolute Gasteiger partial charge is 0.313 e. The van der Waals surface area contributed by atoms with Gasteiger partial charge in [-0.1, -0.05) is 27.7 Å². The van der Waals surface area contributed by atoms with Crippen LogP contribution in [0.2, 0.25) is 0 Å². The van der Waals surface area contributed by atoms with E-state index in [9.17, 15) is 9.59 Å². The molecule has 0 saturated carbocycles. The molecule has 1 aliphatic heterocycles. The van der Waals surface area contributed by atoms with E-state index in [0.717, 1.165) is 0 Å². The van der Waals surface area contributed by atoms with Crippen LogP contribution in [0.3, 0.4) is 0 Å². The first-order valence-corrected chi connectivity index (χ1v) is 6.01. The van der Waals surface area contributed by atoms with Gasteiger partial charge in [-0.2, -0.15) is 0 Å². The minimum absolute atomic E-state index is 0.00514. The van der Waals surface area contributed by atoms with E-state index in [0.29, 0.717) is 25.6 Å². The summed E-state index contributed by atoms with van der Waals surface area (Å²) in [6.07, 6.45) is 0.387. The average Bonchev–Trinajstić information content (AvgIpc) is 2.44. The summed E-state index contributed by atoms with van der Waals surface area (Å²) in [4.78, 5) is 25.0. The van der Waals surface area contributed by atoms with Gasteiger partial charge < -0.3 is 5.32 Å². The van der Waals surface area contributed by atoms with Crippen molar-refractivity contribution in [2.24, 2.45) is 11.8 Å². The molecule has 1 atom stereocenters. The molecule has 0 radical (unpaired) electrons. The van der Waals surface area contributed by atoms with Crippen LogP contribution in [0, 0.1) is 11.8 Å². The van der Waals surface area contributed by atoms with Gasteiger partial charge in [-0.3, -0.25) is 14.5 Å². The van der Waals surface area contributed by atoms with Gasteiger partial charge in [0.05, 0.1) is 0 Å². The molecule has 0 aromatic carbocycles. The SMILES string of the molecule is CC(C)NCCN1C(=O)CC(C(C)C)C1=O. The van der Waals surface area contributed by atoms with Crippen LogP contribution >= 0.6 is 0 Å². The lowest BCUT2D eigenvalue weighted by atomic mass is 9.94. The Morgan fingerprint density at radius 3 is 2.38 bits per heavy atom. The van der Waals surface area contributed by atoms with Gasteiger partial charge in [0.1, 0.15) is 0 Å². The molecule has 4 nitrogen and oxygen atoms in total. The summed E-state index contributed by atoms with van der Waals surface area (Å²) in [6.45, 7) is 9.26. The first-order chi connectivity index (χ1) is 7.43. The molecule has 1 heterocycles. The van der Waals surface area contributed by atoms with Crippen LogP contribution in [0.1, 0.15) is 34.1 Å². The standard InChI is InChI=1S/C12H22N2O2/c1-8(2)10-7-11(15)14(12(10)16)6-5-13-9(3)4/h8-10,13H,5-7H2,1-4H3. The van der Waals surface area contributed by atoms with Crippen molar-refractivity contribution in [1.29, 1.82) is 0 Å². The third-order valence-corrected chi connectivity index (χ3v) is 2.97. The van der Waals surface area contributed by atoms with E-state index in [2.05, 4.69) is 5.32 Å². The summed E-state index contributed by atoms with van der Waals surface area (Å²) >= 11 is 0. The number of hydrogen-bond acceptors (Lipinski definition) is 3. The minimum atomic E-state index is -0.105. The van der Waals surface area contributed by atoms with E-state index in [1.54, 1.807) is 0 Å². The Balaban J connectivity index is 2.48. The van der Waals surface area contributed by atoms with Crippen LogP contribution in [0.15, 0.2) is 0 Å². The monoisotopic (exact) mass is 226 g/mol. The van der Waals surface area contributed by atoms with Crippen molar-refractivity contribution in [3.8, 4) is 0 Å². The zero-order valence-electron chi connectivity index (χ0n) is 10.6. The van der Waals surface area contributed by atoms with Crippen LogP contribution in [-0.4, -0.2) is 35.8 Å². The lowest BCUT2D eigenvalue weighted by Gasteiger charge is -2.17. The third-order valence-electron chi connectivity index (χ3n) is 2.97. The molecular formula is C12H22N2O2. The molecule has 0 spiro atoms. The predicted molar refractivity (Wildman–Crippen MR) is 62.8 cm³/mol. The highest BCUT2D eigenvalue weighted by molar-refractivity contribution is 6.03. The molecule has 0 aromatic rings. The molecule has 1 aliphatic rings. The number of imide groups is 1. The lowest BCUT2D eigenvalue weighted by Crippen LogP contribution is -2.38. The highest BCUT2D eigenvalue weighted by atomic mass is 16.2. The summed E-state index contributed by atoms with van der Waals surface area (Å²) in [5.74, 6) is 0.130. The number of amides is 2. The fourth-order valence-corrected chi connectivity index (χ4v) is 1.93. The first-order valence-electron chi connectivity index (χ1n) is 6.01. The Hall–Kier alpha value is -0.900. The Labute approximate surface area is 97.4 Å². The quantitative estimate of drug-likeness (QED) is 0.712. The smallest absolute Gasteiger partial charge is 0.233 e. The summed E-state index contributed by atoms with van der Waals surface area (Å²) in [6, 6.07) is 0.383. The van der Waals surface area contributed by atoms with E-state index >= 15 is 0 Å². The van der Waals surface area contributed by atoms with E-state index in [4.69, 9.17) is 0 Å². The molecule has 1 fully saturated rings. The van der Waals surface area contributed by atoms with E-state index < -0.39 is 0 Å². The molecule has 0 aromatic heterocycles. The summed E-state index contributed by atoms with van der Waals surface area (Å²) in [5, 5.41) is 3.21. The highest BCUT2D eigenvalue weighted by Gasteiger charge is 2.39. The number of carbonyl (C=O) groups is 2. The maximum atomic E-state index is 11.9. The van der Waals surface area contributed by atoms with Crippen molar-refractivity contribution in [3.63, 3.8) is 0 Å². The fourth-order valence-electron chi connectivity index (χ4n) is 1.93. The fraction of sp³-hybridized carbons (Fsp3) is 0.833. The van der Waals surface area contributed by atoms with Gasteiger partial charge in [0, 0.05) is 31.5 Å². The molecule has 2 amide bonds. The molecular weight excluding hydrogens is 204 g/mol. The molecule has 1 unspecified atom stereocenters. The second-order valence-electron chi connectivity index (χ2n) is 5.05. The van der Waals surface area contributed by atoms with Gasteiger partial charge in [-0.05, 0) is 5.92 Å². The van der Waals surface area contributed by atoms with Crippen LogP contribution in [0.5, 0.6) is 0 Å². The zero-order chi connectivity index (χ0) is 12.3. The molecule has 92 valence electrons. The second kappa shape index (κ2) is 5.43. The normalized spacial score (nSPS) is 21.6. The number of rotatable bonds is 5. The van der Waals surface area contributed by atoms with Crippen molar-refractivity contribution in [1.82, 2.24) is 10.2 Å². The third kappa shape index (κ3) is 3.04. The topological polar surface area (TPSA) is 49.4 Å². The first kappa shape index (κ1) is 13.2. The number of nitrogens with zero attached hydrogens (tertiary/aromatic N) is 1. The maximum Gasteiger partial charge on any atom is 0.233 e. The van der Waals surface area contributed by atoms with Crippen LogP contribution in [-0.2, 0) is 9.59 Å². The van der Waals surface area contributed by atoms with E-state index in [1.165, 1.54) is 4.90 Å². The van der Waals surface area contributed by atoms with Gasteiger partial charge in [0.15, 0.2) is 0 Å².